The van der Waals surface area contributed by atoms with Gasteiger partial charge in [-0.15, -0.1) is 0 Å². The average molecular weight is 266 g/mol. The van der Waals surface area contributed by atoms with Gasteiger partial charge < -0.3 is 10.4 Å². The first-order chi connectivity index (χ1) is 9.06. The molecular formula is C13H15FN2O3. The summed E-state index contributed by atoms with van der Waals surface area (Å²) in [6.07, 6.45) is 3.41. The van der Waals surface area contributed by atoms with Crippen molar-refractivity contribution in [1.29, 1.82) is 0 Å². The van der Waals surface area contributed by atoms with Gasteiger partial charge in [-0.25, -0.2) is 9.37 Å². The number of nitrogens with zero attached hydrogens (tertiary/aromatic N) is 1. The van der Waals surface area contributed by atoms with Crippen LogP contribution in [0.1, 0.15) is 36.2 Å². The number of rotatable bonds is 3. The van der Waals surface area contributed by atoms with Gasteiger partial charge in [0.25, 0.3) is 5.91 Å². The summed E-state index contributed by atoms with van der Waals surface area (Å²) in [7, 11) is 0. The maximum atomic E-state index is 12.7. The highest BCUT2D eigenvalue weighted by Gasteiger charge is 2.26. The van der Waals surface area contributed by atoms with Crippen molar-refractivity contribution >= 4 is 11.9 Å². The molecule has 102 valence electrons. The monoisotopic (exact) mass is 266 g/mol. The molecule has 0 atom stereocenters. The van der Waals surface area contributed by atoms with Crippen LogP contribution in [0, 0.1) is 11.7 Å². The Morgan fingerprint density at radius 2 is 1.95 bits per heavy atom. The Morgan fingerprint density at radius 3 is 2.47 bits per heavy atom. The van der Waals surface area contributed by atoms with Gasteiger partial charge in [-0.1, -0.05) is 0 Å². The minimum atomic E-state index is -0.773. The summed E-state index contributed by atoms with van der Waals surface area (Å²) in [6, 6.07) is 2.48. The fourth-order valence-corrected chi connectivity index (χ4v) is 2.25. The van der Waals surface area contributed by atoms with E-state index in [9.17, 15) is 14.0 Å². The quantitative estimate of drug-likeness (QED) is 0.870. The van der Waals surface area contributed by atoms with Crippen LogP contribution in [0.25, 0.3) is 0 Å². The number of carbonyl (C=O) groups is 2. The molecule has 1 aromatic rings. The molecule has 0 saturated heterocycles. The third-order valence-electron chi connectivity index (χ3n) is 3.37. The Morgan fingerprint density at radius 1 is 1.26 bits per heavy atom. The van der Waals surface area contributed by atoms with E-state index in [0.717, 1.165) is 6.20 Å². The molecule has 1 fully saturated rings. The molecule has 1 aliphatic carbocycles. The standard InChI is InChI=1S/C13H15FN2O3/c14-9-3-6-11(15-7-9)12(17)16-10-4-1-8(2-5-10)13(18)19/h3,6-8,10H,1-2,4-5H2,(H,16,17)(H,18,19). The second-order valence-electron chi connectivity index (χ2n) is 4.72. The Labute approximate surface area is 109 Å². The van der Waals surface area contributed by atoms with Crippen molar-refractivity contribution < 1.29 is 19.1 Å². The summed E-state index contributed by atoms with van der Waals surface area (Å²) in [5, 5.41) is 11.7. The van der Waals surface area contributed by atoms with Crippen molar-refractivity contribution in [2.45, 2.75) is 31.7 Å². The van der Waals surface area contributed by atoms with E-state index >= 15 is 0 Å². The summed E-state index contributed by atoms with van der Waals surface area (Å²) >= 11 is 0. The molecule has 19 heavy (non-hydrogen) atoms. The Balaban J connectivity index is 1.87. The highest BCUT2D eigenvalue weighted by Crippen LogP contribution is 2.24. The Hall–Kier alpha value is -1.98. The number of carboxylic acid groups (broad SMARTS) is 1. The van der Waals surface area contributed by atoms with Crippen molar-refractivity contribution in [2.75, 3.05) is 0 Å². The fraction of sp³-hybridized carbons (Fsp3) is 0.462. The lowest BCUT2D eigenvalue weighted by Gasteiger charge is -2.26. The van der Waals surface area contributed by atoms with Crippen molar-refractivity contribution in [2.24, 2.45) is 5.92 Å². The third kappa shape index (κ3) is 3.49. The Bertz CT molecular complexity index is 467. The summed E-state index contributed by atoms with van der Waals surface area (Å²) in [5.74, 6) is -1.92. The summed E-state index contributed by atoms with van der Waals surface area (Å²) in [4.78, 5) is 26.3. The molecule has 1 aromatic heterocycles. The number of aromatic nitrogens is 1. The van der Waals surface area contributed by atoms with E-state index in [2.05, 4.69) is 10.3 Å². The van der Waals surface area contributed by atoms with E-state index in [1.54, 1.807) is 0 Å². The number of hydrogen-bond donors (Lipinski definition) is 2. The van der Waals surface area contributed by atoms with Crippen molar-refractivity contribution in [3.63, 3.8) is 0 Å². The smallest absolute Gasteiger partial charge is 0.306 e. The van der Waals surface area contributed by atoms with Crippen LogP contribution in [0.2, 0.25) is 0 Å². The van der Waals surface area contributed by atoms with Crippen LogP contribution in [0.3, 0.4) is 0 Å². The van der Waals surface area contributed by atoms with Gasteiger partial charge >= 0.3 is 5.97 Å². The van der Waals surface area contributed by atoms with Gasteiger partial charge in [-0.2, -0.15) is 0 Å². The molecule has 0 bridgehead atoms. The molecule has 1 amide bonds. The normalized spacial score (nSPS) is 22.8. The molecule has 2 rings (SSSR count). The van der Waals surface area contributed by atoms with Crippen LogP contribution in [-0.4, -0.2) is 28.0 Å². The molecule has 0 spiro atoms. The average Bonchev–Trinajstić information content (AvgIpc) is 2.40. The molecule has 1 aliphatic rings. The van der Waals surface area contributed by atoms with Gasteiger partial charge in [0.1, 0.15) is 11.5 Å². The number of amides is 1. The second-order valence-corrected chi connectivity index (χ2v) is 4.72. The maximum Gasteiger partial charge on any atom is 0.306 e. The lowest BCUT2D eigenvalue weighted by atomic mass is 9.86. The van der Waals surface area contributed by atoms with Crippen LogP contribution in [0.4, 0.5) is 4.39 Å². The van der Waals surface area contributed by atoms with Crippen LogP contribution in [0.15, 0.2) is 18.3 Å². The van der Waals surface area contributed by atoms with Gasteiger partial charge in [0.2, 0.25) is 0 Å². The second kappa shape index (κ2) is 5.77. The highest BCUT2D eigenvalue weighted by molar-refractivity contribution is 5.92. The van der Waals surface area contributed by atoms with Crippen molar-refractivity contribution in [3.8, 4) is 0 Å². The van der Waals surface area contributed by atoms with Crippen LogP contribution in [0.5, 0.6) is 0 Å². The number of nitrogens with one attached hydrogen (secondary N) is 1. The SMILES string of the molecule is O=C(NC1CCC(C(=O)O)CC1)c1ccc(F)cn1. The van der Waals surface area contributed by atoms with Gasteiger partial charge in [-0.05, 0) is 37.8 Å². The molecule has 1 saturated carbocycles. The summed E-state index contributed by atoms with van der Waals surface area (Å²) in [5.41, 5.74) is 0.168. The number of carboxylic acids is 1. The van der Waals surface area contributed by atoms with Crippen LogP contribution in [-0.2, 0) is 4.79 Å². The zero-order valence-electron chi connectivity index (χ0n) is 10.3. The zero-order chi connectivity index (χ0) is 13.8. The molecule has 1 heterocycles. The van der Waals surface area contributed by atoms with Gasteiger partial charge in [-0.3, -0.25) is 9.59 Å². The van der Waals surface area contributed by atoms with E-state index in [4.69, 9.17) is 5.11 Å². The molecule has 0 aliphatic heterocycles. The fourth-order valence-electron chi connectivity index (χ4n) is 2.25. The number of aliphatic carboxylic acids is 1. The number of carbonyl (C=O) groups excluding carboxylic acids is 1. The van der Waals surface area contributed by atoms with Crippen LogP contribution >= 0.6 is 0 Å². The third-order valence-corrected chi connectivity index (χ3v) is 3.37. The van der Waals surface area contributed by atoms with Crippen LogP contribution < -0.4 is 5.32 Å². The highest BCUT2D eigenvalue weighted by atomic mass is 19.1. The molecule has 2 N–H and O–H groups in total. The molecule has 0 unspecified atom stereocenters. The maximum absolute atomic E-state index is 12.7. The van der Waals surface area contributed by atoms with E-state index in [-0.39, 0.29) is 23.6 Å². The van der Waals surface area contributed by atoms with E-state index in [0.29, 0.717) is 25.7 Å². The Kier molecular flexibility index (Phi) is 4.09. The predicted molar refractivity (Wildman–Crippen MR) is 65.0 cm³/mol. The molecule has 5 nitrogen and oxygen atoms in total. The number of hydrogen-bond acceptors (Lipinski definition) is 3. The first kappa shape index (κ1) is 13.5. The van der Waals surface area contributed by atoms with E-state index in [1.165, 1.54) is 12.1 Å². The van der Waals surface area contributed by atoms with E-state index < -0.39 is 11.8 Å². The van der Waals surface area contributed by atoms with E-state index in [1.807, 2.05) is 0 Å². The van der Waals surface area contributed by atoms with Gasteiger partial charge in [0, 0.05) is 6.04 Å². The first-order valence-corrected chi connectivity index (χ1v) is 6.21. The summed E-state index contributed by atoms with van der Waals surface area (Å²) < 4.78 is 12.7. The lowest BCUT2D eigenvalue weighted by Crippen LogP contribution is -2.39. The zero-order valence-corrected chi connectivity index (χ0v) is 10.3. The van der Waals surface area contributed by atoms with Gasteiger partial charge in [0.05, 0.1) is 12.1 Å². The largest absolute Gasteiger partial charge is 0.481 e. The van der Waals surface area contributed by atoms with Crippen molar-refractivity contribution in [1.82, 2.24) is 10.3 Å². The lowest BCUT2D eigenvalue weighted by molar-refractivity contribution is -0.142. The van der Waals surface area contributed by atoms with Crippen molar-refractivity contribution in [3.05, 3.63) is 29.8 Å². The minimum Gasteiger partial charge on any atom is -0.481 e. The number of halogens is 1. The van der Waals surface area contributed by atoms with Gasteiger partial charge in [0.15, 0.2) is 0 Å². The first-order valence-electron chi connectivity index (χ1n) is 6.21. The molecule has 6 heteroatoms. The summed E-state index contributed by atoms with van der Waals surface area (Å²) in [6.45, 7) is 0. The molecule has 0 radical (unpaired) electrons. The molecular weight excluding hydrogens is 251 g/mol. The number of pyridine rings is 1. The topological polar surface area (TPSA) is 79.3 Å². The predicted octanol–water partition coefficient (Wildman–Crippen LogP) is 1.59. The molecule has 0 aromatic carbocycles. The minimum absolute atomic E-state index is 0.0325.